The van der Waals surface area contributed by atoms with Crippen molar-refractivity contribution in [2.24, 2.45) is 5.92 Å². The van der Waals surface area contributed by atoms with Crippen LogP contribution >= 0.6 is 0 Å². The highest BCUT2D eigenvalue weighted by Gasteiger charge is 2.33. The molecular weight excluding hydrogens is 360 g/mol. The van der Waals surface area contributed by atoms with Crippen LogP contribution in [0.25, 0.3) is 0 Å². The van der Waals surface area contributed by atoms with E-state index in [0.717, 1.165) is 11.8 Å². The Morgan fingerprint density at radius 1 is 1.19 bits per heavy atom. The topological polar surface area (TPSA) is 84.5 Å². The molecule has 0 aliphatic carbocycles. The minimum absolute atomic E-state index is 0.128. The summed E-state index contributed by atoms with van der Waals surface area (Å²) >= 11 is 0. The van der Waals surface area contributed by atoms with Crippen molar-refractivity contribution < 1.29 is 19.1 Å². The molecule has 0 aliphatic rings. The summed E-state index contributed by atoms with van der Waals surface area (Å²) in [4.78, 5) is 35.9. The van der Waals surface area contributed by atoms with Crippen molar-refractivity contribution in [3.8, 4) is 0 Å². The van der Waals surface area contributed by atoms with Crippen molar-refractivity contribution >= 4 is 26.4 Å². The van der Waals surface area contributed by atoms with Crippen molar-refractivity contribution in [3.05, 3.63) is 48.2 Å². The Kier molecular flexibility index (Phi) is 8.94. The molecule has 2 N–H and O–H groups in total. The van der Waals surface area contributed by atoms with Crippen LogP contribution in [0, 0.1) is 5.92 Å². The third-order valence-electron chi connectivity index (χ3n) is 4.51. The molecular formula is C20H30N2O4Si. The number of nitrogens with one attached hydrogen (secondary N) is 2. The maximum Gasteiger partial charge on any atom is 0.408 e. The maximum absolute atomic E-state index is 12.7. The molecule has 7 heteroatoms. The molecule has 0 bridgehead atoms. The molecule has 0 saturated heterocycles. The average molecular weight is 391 g/mol. The summed E-state index contributed by atoms with van der Waals surface area (Å²) in [6.45, 7) is 11.7. The van der Waals surface area contributed by atoms with Crippen LogP contribution in [0.2, 0.25) is 13.1 Å². The van der Waals surface area contributed by atoms with Crippen LogP contribution in [0.3, 0.4) is 0 Å². The molecule has 148 valence electrons. The predicted octanol–water partition coefficient (Wildman–Crippen LogP) is 2.98. The normalized spacial score (nSPS) is 13.4. The first-order valence-electron chi connectivity index (χ1n) is 9.06. The lowest BCUT2D eigenvalue weighted by Gasteiger charge is -2.31. The number of benzene rings is 1. The van der Waals surface area contributed by atoms with Crippen molar-refractivity contribution in [3.63, 3.8) is 0 Å². The lowest BCUT2D eigenvalue weighted by atomic mass is 10.0. The second-order valence-corrected chi connectivity index (χ2v) is 12.2. The molecule has 2 atom stereocenters. The van der Waals surface area contributed by atoms with Crippen LogP contribution in [0.4, 0.5) is 4.79 Å². The Labute approximate surface area is 162 Å². The number of hydrogen-bond acceptors (Lipinski definition) is 4. The Hall–Kier alpha value is -2.41. The van der Waals surface area contributed by atoms with Gasteiger partial charge in [-0.2, -0.15) is 0 Å². The van der Waals surface area contributed by atoms with Crippen LogP contribution < -0.4 is 10.6 Å². The summed E-state index contributed by atoms with van der Waals surface area (Å²) in [5.41, 5.74) is 2.43. The number of amides is 2. The fourth-order valence-electron chi connectivity index (χ4n) is 2.48. The number of ether oxygens (including phenoxy) is 1. The first-order valence-corrected chi connectivity index (χ1v) is 12.2. The molecule has 0 saturated carbocycles. The highest BCUT2D eigenvalue weighted by atomic mass is 28.3. The molecule has 0 radical (unpaired) electrons. The summed E-state index contributed by atoms with van der Waals surface area (Å²) in [5.74, 6) is -0.462. The van der Waals surface area contributed by atoms with E-state index in [4.69, 9.17) is 4.74 Å². The van der Waals surface area contributed by atoms with Gasteiger partial charge in [-0.1, -0.05) is 63.0 Å². The molecule has 1 aromatic carbocycles. The monoisotopic (exact) mass is 390 g/mol. The van der Waals surface area contributed by atoms with E-state index in [1.54, 1.807) is 0 Å². The van der Waals surface area contributed by atoms with Gasteiger partial charge in [-0.3, -0.25) is 4.79 Å². The van der Waals surface area contributed by atoms with Gasteiger partial charge in [0.15, 0.2) is 0 Å². The first-order chi connectivity index (χ1) is 12.7. The van der Waals surface area contributed by atoms with E-state index < -0.39 is 20.2 Å². The Balaban J connectivity index is 2.72. The molecule has 2 amide bonds. The van der Waals surface area contributed by atoms with Gasteiger partial charge in [0.25, 0.3) is 0 Å². The minimum Gasteiger partial charge on any atom is -0.445 e. The molecule has 6 nitrogen and oxygen atoms in total. The Bertz CT molecular complexity index is 647. The largest absolute Gasteiger partial charge is 0.445 e. The van der Waals surface area contributed by atoms with Gasteiger partial charge in [0.05, 0.1) is 8.07 Å². The molecule has 0 aromatic heterocycles. The fourth-order valence-corrected chi connectivity index (χ4v) is 3.98. The summed E-state index contributed by atoms with van der Waals surface area (Å²) in [6, 6.07) is 8.56. The smallest absolute Gasteiger partial charge is 0.408 e. The van der Waals surface area contributed by atoms with Gasteiger partial charge in [-0.25, -0.2) is 4.79 Å². The number of carbonyl (C=O) groups is 3. The highest BCUT2D eigenvalue weighted by Crippen LogP contribution is 2.13. The van der Waals surface area contributed by atoms with E-state index >= 15 is 0 Å². The third-order valence-corrected chi connectivity index (χ3v) is 7.74. The molecule has 1 rings (SSSR count). The van der Waals surface area contributed by atoms with Crippen LogP contribution in [0.15, 0.2) is 42.6 Å². The van der Waals surface area contributed by atoms with Gasteiger partial charge in [0, 0.05) is 12.1 Å². The summed E-state index contributed by atoms with van der Waals surface area (Å²) in [6.07, 6.45) is 0.370. The third kappa shape index (κ3) is 7.38. The number of rotatable bonds is 10. The molecule has 27 heavy (non-hydrogen) atoms. The summed E-state index contributed by atoms with van der Waals surface area (Å²) < 4.78 is 5.21. The van der Waals surface area contributed by atoms with E-state index in [2.05, 4.69) is 17.2 Å². The van der Waals surface area contributed by atoms with Crippen molar-refractivity contribution in [1.82, 2.24) is 10.6 Å². The lowest BCUT2D eigenvalue weighted by Crippen LogP contribution is -2.58. The van der Waals surface area contributed by atoms with Crippen LogP contribution in [-0.2, 0) is 20.9 Å². The van der Waals surface area contributed by atoms with E-state index in [1.165, 1.54) is 0 Å². The molecule has 0 fully saturated rings. The van der Waals surface area contributed by atoms with E-state index in [-0.39, 0.29) is 30.5 Å². The quantitative estimate of drug-likeness (QED) is 0.475. The number of carbonyl (C=O) groups excluding carboxylic acids is 3. The predicted molar refractivity (Wildman–Crippen MR) is 109 cm³/mol. The van der Waals surface area contributed by atoms with Gasteiger partial charge in [-0.15, -0.1) is 6.58 Å². The van der Waals surface area contributed by atoms with Gasteiger partial charge in [0.1, 0.15) is 18.9 Å². The zero-order valence-electron chi connectivity index (χ0n) is 16.5. The number of alkyl carbamates (subject to hydrolysis) is 1. The van der Waals surface area contributed by atoms with Crippen molar-refractivity contribution in [2.45, 2.75) is 51.7 Å². The first kappa shape index (κ1) is 22.6. The Morgan fingerprint density at radius 2 is 1.81 bits per heavy atom. The number of aldehydes is 1. The molecule has 1 aromatic rings. The average Bonchev–Trinajstić information content (AvgIpc) is 2.64. The summed E-state index contributed by atoms with van der Waals surface area (Å²) in [5, 5.41) is 5.55. The van der Waals surface area contributed by atoms with Crippen LogP contribution in [0.1, 0.15) is 25.8 Å². The van der Waals surface area contributed by atoms with Gasteiger partial charge < -0.3 is 20.2 Å². The number of hydrogen-bond donors (Lipinski definition) is 2. The SMILES string of the molecule is C=C[Si](C)(C)C(CC=O)NC(=O)[C@@H](NC(=O)OCc1ccccc1)C(C)C. The van der Waals surface area contributed by atoms with E-state index in [1.807, 2.05) is 63.0 Å². The van der Waals surface area contributed by atoms with Crippen molar-refractivity contribution in [2.75, 3.05) is 0 Å². The van der Waals surface area contributed by atoms with Gasteiger partial charge >= 0.3 is 6.09 Å². The van der Waals surface area contributed by atoms with Gasteiger partial charge in [0.2, 0.25) is 5.91 Å². The van der Waals surface area contributed by atoms with Crippen molar-refractivity contribution in [1.29, 1.82) is 0 Å². The zero-order valence-corrected chi connectivity index (χ0v) is 17.5. The van der Waals surface area contributed by atoms with E-state index in [9.17, 15) is 14.4 Å². The van der Waals surface area contributed by atoms with Crippen LogP contribution in [0.5, 0.6) is 0 Å². The highest BCUT2D eigenvalue weighted by molar-refractivity contribution is 6.83. The lowest BCUT2D eigenvalue weighted by molar-refractivity contribution is -0.124. The van der Waals surface area contributed by atoms with E-state index in [0.29, 0.717) is 0 Å². The summed E-state index contributed by atoms with van der Waals surface area (Å²) in [7, 11) is -2.01. The second kappa shape index (κ2) is 10.7. The standard InChI is InChI=1S/C20H30N2O4Si/c1-6-27(4,5)17(12-13-23)21-19(24)18(15(2)3)22-20(25)26-14-16-10-8-7-9-11-16/h6-11,13,15,17-18H,1,12,14H2,2-5H3,(H,21,24)(H,22,25)/t17?,18-/m0/s1. The van der Waals surface area contributed by atoms with Gasteiger partial charge in [-0.05, 0) is 11.5 Å². The fraction of sp³-hybridized carbons (Fsp3) is 0.450. The van der Waals surface area contributed by atoms with Crippen LogP contribution in [-0.4, -0.2) is 38.1 Å². The second-order valence-electron chi connectivity index (χ2n) is 7.42. The Morgan fingerprint density at radius 3 is 2.33 bits per heavy atom. The molecule has 0 heterocycles. The molecule has 0 aliphatic heterocycles. The molecule has 1 unspecified atom stereocenters. The molecule has 0 spiro atoms. The zero-order chi connectivity index (χ0) is 20.4. The maximum atomic E-state index is 12.7. The minimum atomic E-state index is -2.01.